The molecule has 1 amide bonds. The molecule has 1 N–H and O–H groups in total. The Morgan fingerprint density at radius 1 is 1.33 bits per heavy atom. The molecular weight excluding hydrogens is 244 g/mol. The molecule has 0 aliphatic heterocycles. The molecule has 0 bridgehead atoms. The quantitative estimate of drug-likeness (QED) is 0.841. The van der Waals surface area contributed by atoms with Gasteiger partial charge in [-0.25, -0.2) is 13.6 Å². The summed E-state index contributed by atoms with van der Waals surface area (Å²) in [5.41, 5.74) is -0.879. The van der Waals surface area contributed by atoms with Gasteiger partial charge in [0.15, 0.2) is 5.82 Å². The number of amides is 1. The van der Waals surface area contributed by atoms with Crippen LogP contribution in [0.1, 0.15) is 23.2 Å². The van der Waals surface area contributed by atoms with E-state index in [9.17, 15) is 18.4 Å². The van der Waals surface area contributed by atoms with Crippen LogP contribution in [-0.2, 0) is 9.53 Å². The highest BCUT2D eigenvalue weighted by Crippen LogP contribution is 2.31. The summed E-state index contributed by atoms with van der Waals surface area (Å²) < 4.78 is 31.4. The van der Waals surface area contributed by atoms with E-state index in [-0.39, 0.29) is 17.5 Å². The highest BCUT2D eigenvalue weighted by Gasteiger charge is 2.30. The summed E-state index contributed by atoms with van der Waals surface area (Å²) in [6.45, 7) is 0. The highest BCUT2D eigenvalue weighted by atomic mass is 19.1. The van der Waals surface area contributed by atoms with Gasteiger partial charge < -0.3 is 10.1 Å². The lowest BCUT2D eigenvalue weighted by Crippen LogP contribution is -2.16. The Morgan fingerprint density at radius 3 is 2.56 bits per heavy atom. The largest absolute Gasteiger partial charge is 0.465 e. The molecule has 4 nitrogen and oxygen atoms in total. The standard InChI is InChI=1S/C12H11F2NO3/c1-18-12(17)8-4-7(13)5-9(10(8)14)15-11(16)6-2-3-6/h4-6H,2-3H2,1H3,(H,15,16). The fourth-order valence-electron chi connectivity index (χ4n) is 1.52. The van der Waals surface area contributed by atoms with Gasteiger partial charge in [0.05, 0.1) is 12.8 Å². The number of benzene rings is 1. The molecule has 6 heteroatoms. The summed E-state index contributed by atoms with van der Waals surface area (Å²) in [5, 5.41) is 2.27. The van der Waals surface area contributed by atoms with E-state index in [2.05, 4.69) is 10.1 Å². The summed E-state index contributed by atoms with van der Waals surface area (Å²) in [4.78, 5) is 22.7. The molecule has 0 heterocycles. The van der Waals surface area contributed by atoms with E-state index in [4.69, 9.17) is 0 Å². The van der Waals surface area contributed by atoms with Gasteiger partial charge in [-0.1, -0.05) is 0 Å². The minimum absolute atomic E-state index is 0.144. The number of hydrogen-bond acceptors (Lipinski definition) is 3. The monoisotopic (exact) mass is 255 g/mol. The average molecular weight is 255 g/mol. The zero-order chi connectivity index (χ0) is 13.3. The van der Waals surface area contributed by atoms with Gasteiger partial charge in [0, 0.05) is 12.0 Å². The van der Waals surface area contributed by atoms with Crippen LogP contribution in [0.25, 0.3) is 0 Å². The Morgan fingerprint density at radius 2 is 2.00 bits per heavy atom. The molecular formula is C12H11F2NO3. The van der Waals surface area contributed by atoms with Crippen molar-refractivity contribution < 1.29 is 23.1 Å². The van der Waals surface area contributed by atoms with E-state index >= 15 is 0 Å². The lowest BCUT2D eigenvalue weighted by Gasteiger charge is -2.09. The molecule has 1 aliphatic rings. The molecule has 0 unspecified atom stereocenters. The first-order chi connectivity index (χ1) is 8.52. The maximum atomic E-state index is 13.9. The van der Waals surface area contributed by atoms with Crippen LogP contribution in [0.3, 0.4) is 0 Å². The number of rotatable bonds is 3. The van der Waals surface area contributed by atoms with E-state index in [0.29, 0.717) is 0 Å². The SMILES string of the molecule is COC(=O)c1cc(F)cc(NC(=O)C2CC2)c1F. The zero-order valence-corrected chi connectivity index (χ0v) is 9.63. The summed E-state index contributed by atoms with van der Waals surface area (Å²) in [7, 11) is 1.06. The molecule has 1 fully saturated rings. The number of hydrogen-bond donors (Lipinski definition) is 1. The Labute approximate surface area is 102 Å². The first kappa shape index (κ1) is 12.5. The van der Waals surface area contributed by atoms with Crippen molar-refractivity contribution in [2.75, 3.05) is 12.4 Å². The van der Waals surface area contributed by atoms with Crippen LogP contribution in [-0.4, -0.2) is 19.0 Å². The predicted octanol–water partition coefficient (Wildman–Crippen LogP) is 2.10. The summed E-state index contributed by atoms with van der Waals surface area (Å²) in [6, 6.07) is 1.57. The highest BCUT2D eigenvalue weighted by molar-refractivity contribution is 5.96. The molecule has 0 radical (unpaired) electrons. The van der Waals surface area contributed by atoms with Gasteiger partial charge in [0.1, 0.15) is 11.4 Å². The van der Waals surface area contributed by atoms with Crippen LogP contribution in [0, 0.1) is 17.6 Å². The molecule has 0 atom stereocenters. The predicted molar refractivity (Wildman–Crippen MR) is 59.1 cm³/mol. The van der Waals surface area contributed by atoms with Gasteiger partial charge >= 0.3 is 5.97 Å². The number of carbonyl (C=O) groups excluding carboxylic acids is 2. The van der Waals surface area contributed by atoms with Crippen LogP contribution < -0.4 is 5.32 Å². The normalized spacial score (nSPS) is 14.2. The number of esters is 1. The maximum absolute atomic E-state index is 13.9. The molecule has 0 saturated heterocycles. The molecule has 0 aromatic heterocycles. The third-order valence-electron chi connectivity index (χ3n) is 2.65. The fraction of sp³-hybridized carbons (Fsp3) is 0.333. The van der Waals surface area contributed by atoms with E-state index in [1.165, 1.54) is 0 Å². The van der Waals surface area contributed by atoms with Gasteiger partial charge in [-0.3, -0.25) is 4.79 Å². The van der Waals surface area contributed by atoms with Crippen LogP contribution in [0.2, 0.25) is 0 Å². The molecule has 1 aromatic rings. The minimum Gasteiger partial charge on any atom is -0.465 e. The number of ether oxygens (including phenoxy) is 1. The number of anilines is 1. The molecule has 1 aromatic carbocycles. The van der Waals surface area contributed by atoms with Crippen molar-refractivity contribution in [3.8, 4) is 0 Å². The fourth-order valence-corrected chi connectivity index (χ4v) is 1.52. The molecule has 1 saturated carbocycles. The second-order valence-electron chi connectivity index (χ2n) is 4.07. The molecule has 0 spiro atoms. The van der Waals surface area contributed by atoms with Crippen LogP contribution in [0.4, 0.5) is 14.5 Å². The van der Waals surface area contributed by atoms with Crippen molar-refractivity contribution in [2.45, 2.75) is 12.8 Å². The van der Waals surface area contributed by atoms with Gasteiger partial charge in [0.25, 0.3) is 0 Å². The van der Waals surface area contributed by atoms with Crippen LogP contribution in [0.15, 0.2) is 12.1 Å². The third kappa shape index (κ3) is 2.47. The van der Waals surface area contributed by atoms with E-state index < -0.39 is 23.2 Å². The maximum Gasteiger partial charge on any atom is 0.341 e. The molecule has 1 aliphatic carbocycles. The van der Waals surface area contributed by atoms with Crippen molar-refractivity contribution >= 4 is 17.6 Å². The van der Waals surface area contributed by atoms with Crippen molar-refractivity contribution in [3.05, 3.63) is 29.3 Å². The van der Waals surface area contributed by atoms with Crippen LogP contribution >= 0.6 is 0 Å². The smallest absolute Gasteiger partial charge is 0.341 e. The average Bonchev–Trinajstić information content (AvgIpc) is 3.16. The minimum atomic E-state index is -0.992. The third-order valence-corrected chi connectivity index (χ3v) is 2.65. The molecule has 2 rings (SSSR count). The van der Waals surface area contributed by atoms with E-state index in [0.717, 1.165) is 32.1 Å². The van der Waals surface area contributed by atoms with Gasteiger partial charge in [0.2, 0.25) is 5.91 Å². The van der Waals surface area contributed by atoms with Crippen molar-refractivity contribution in [2.24, 2.45) is 5.92 Å². The van der Waals surface area contributed by atoms with Crippen LogP contribution in [0.5, 0.6) is 0 Å². The lowest BCUT2D eigenvalue weighted by atomic mass is 10.1. The van der Waals surface area contributed by atoms with Crippen molar-refractivity contribution in [1.82, 2.24) is 0 Å². The summed E-state index contributed by atoms with van der Waals surface area (Å²) in [6.07, 6.45) is 1.49. The van der Waals surface area contributed by atoms with Gasteiger partial charge in [-0.15, -0.1) is 0 Å². The van der Waals surface area contributed by atoms with Gasteiger partial charge in [-0.05, 0) is 18.9 Å². The topological polar surface area (TPSA) is 55.4 Å². The van der Waals surface area contributed by atoms with E-state index in [1.54, 1.807) is 0 Å². The Balaban J connectivity index is 2.31. The second-order valence-corrected chi connectivity index (χ2v) is 4.07. The lowest BCUT2D eigenvalue weighted by molar-refractivity contribution is -0.117. The number of carbonyl (C=O) groups is 2. The Kier molecular flexibility index (Phi) is 3.27. The summed E-state index contributed by atoms with van der Waals surface area (Å²) >= 11 is 0. The number of nitrogens with one attached hydrogen (secondary N) is 1. The second kappa shape index (κ2) is 4.72. The zero-order valence-electron chi connectivity index (χ0n) is 9.63. The molecule has 18 heavy (non-hydrogen) atoms. The number of halogens is 2. The number of methoxy groups -OCH3 is 1. The van der Waals surface area contributed by atoms with Crippen molar-refractivity contribution in [3.63, 3.8) is 0 Å². The van der Waals surface area contributed by atoms with Crippen molar-refractivity contribution in [1.29, 1.82) is 0 Å². The Hall–Kier alpha value is -1.98. The molecule has 96 valence electrons. The first-order valence-corrected chi connectivity index (χ1v) is 5.41. The Bertz CT molecular complexity index is 512. The van der Waals surface area contributed by atoms with Gasteiger partial charge in [-0.2, -0.15) is 0 Å². The first-order valence-electron chi connectivity index (χ1n) is 5.41. The summed E-state index contributed by atoms with van der Waals surface area (Å²) in [5.74, 6) is -3.31. The van der Waals surface area contributed by atoms with E-state index in [1.807, 2.05) is 0 Å².